The fourth-order valence-electron chi connectivity index (χ4n) is 3.38. The quantitative estimate of drug-likeness (QED) is 0.420. The lowest BCUT2D eigenvalue weighted by atomic mass is 10.0. The molecular formula is C20H16N2O4. The summed E-state index contributed by atoms with van der Waals surface area (Å²) in [5, 5.41) is 0.977. The van der Waals surface area contributed by atoms with E-state index in [0.29, 0.717) is 17.9 Å². The van der Waals surface area contributed by atoms with Crippen LogP contribution in [0.15, 0.2) is 41.2 Å². The summed E-state index contributed by atoms with van der Waals surface area (Å²) in [7, 11) is 1.20. The van der Waals surface area contributed by atoms with Crippen LogP contribution in [0.2, 0.25) is 0 Å². The van der Waals surface area contributed by atoms with Crippen molar-refractivity contribution >= 4 is 22.7 Å². The van der Waals surface area contributed by atoms with Gasteiger partial charge in [0, 0.05) is 22.9 Å². The van der Waals surface area contributed by atoms with Gasteiger partial charge in [-0.05, 0) is 18.2 Å². The molecule has 0 bridgehead atoms. The number of ether oxygens (including phenoxy) is 1. The Hall–Kier alpha value is -3.28. The molecule has 0 aliphatic carbocycles. The van der Waals surface area contributed by atoms with E-state index in [2.05, 4.69) is 4.98 Å². The van der Waals surface area contributed by atoms with Gasteiger partial charge in [-0.25, -0.2) is 9.78 Å². The number of pyridine rings is 2. The van der Waals surface area contributed by atoms with E-state index in [1.165, 1.54) is 11.7 Å². The minimum absolute atomic E-state index is 0.0957. The van der Waals surface area contributed by atoms with Crippen LogP contribution in [0.25, 0.3) is 22.3 Å². The molecule has 6 heteroatoms. The molecule has 0 spiro atoms. The highest BCUT2D eigenvalue weighted by Crippen LogP contribution is 2.32. The lowest BCUT2D eigenvalue weighted by Crippen LogP contribution is -2.29. The second-order valence-electron chi connectivity index (χ2n) is 6.17. The second kappa shape index (κ2) is 5.91. The monoisotopic (exact) mass is 348 g/mol. The summed E-state index contributed by atoms with van der Waals surface area (Å²) in [4.78, 5) is 42.1. The van der Waals surface area contributed by atoms with Gasteiger partial charge in [0.15, 0.2) is 5.78 Å². The number of carbonyl (C=O) groups excluding carboxylic acids is 2. The molecule has 1 aliphatic rings. The van der Waals surface area contributed by atoms with Gasteiger partial charge >= 0.3 is 5.97 Å². The SMILES string of the molecule is CCC(=O)c1cc2n(c(=O)c1C(=O)OC)Cc1cc3ccccc3nc1-2. The molecule has 0 fully saturated rings. The molecule has 4 rings (SSSR count). The number of esters is 1. The molecule has 130 valence electrons. The lowest BCUT2D eigenvalue weighted by Gasteiger charge is -2.10. The Morgan fingerprint density at radius 2 is 2.00 bits per heavy atom. The third-order valence-corrected chi connectivity index (χ3v) is 4.69. The van der Waals surface area contributed by atoms with Crippen LogP contribution in [0.5, 0.6) is 0 Å². The fourth-order valence-corrected chi connectivity index (χ4v) is 3.38. The summed E-state index contributed by atoms with van der Waals surface area (Å²) in [6.45, 7) is 2.00. The molecule has 0 unspecified atom stereocenters. The molecule has 0 saturated carbocycles. The molecule has 1 aromatic carbocycles. The normalized spacial score (nSPS) is 11.9. The Labute approximate surface area is 149 Å². The second-order valence-corrected chi connectivity index (χ2v) is 6.17. The van der Waals surface area contributed by atoms with E-state index in [1.807, 2.05) is 30.3 Å². The van der Waals surface area contributed by atoms with Crippen LogP contribution >= 0.6 is 0 Å². The summed E-state index contributed by atoms with van der Waals surface area (Å²) in [6, 6.07) is 11.3. The van der Waals surface area contributed by atoms with E-state index in [9.17, 15) is 14.4 Å². The van der Waals surface area contributed by atoms with Crippen LogP contribution in [-0.2, 0) is 11.3 Å². The highest BCUT2D eigenvalue weighted by Gasteiger charge is 2.29. The molecule has 0 amide bonds. The molecule has 3 heterocycles. The van der Waals surface area contributed by atoms with Crippen LogP contribution in [0.4, 0.5) is 0 Å². The Balaban J connectivity index is 2.03. The summed E-state index contributed by atoms with van der Waals surface area (Å²) >= 11 is 0. The van der Waals surface area contributed by atoms with Crippen molar-refractivity contribution in [1.82, 2.24) is 9.55 Å². The van der Waals surface area contributed by atoms with Crippen LogP contribution in [-0.4, -0.2) is 28.4 Å². The van der Waals surface area contributed by atoms with Gasteiger partial charge < -0.3 is 9.30 Å². The zero-order chi connectivity index (χ0) is 18.4. The third-order valence-electron chi connectivity index (χ3n) is 4.69. The van der Waals surface area contributed by atoms with Crippen molar-refractivity contribution in [3.8, 4) is 11.4 Å². The Morgan fingerprint density at radius 3 is 2.73 bits per heavy atom. The maximum absolute atomic E-state index is 12.9. The number of fused-ring (bicyclic) bond motifs is 4. The Kier molecular flexibility index (Phi) is 3.68. The van der Waals surface area contributed by atoms with E-state index >= 15 is 0 Å². The first kappa shape index (κ1) is 16.2. The molecule has 0 radical (unpaired) electrons. The largest absolute Gasteiger partial charge is 0.465 e. The van der Waals surface area contributed by atoms with Crippen LogP contribution in [0.3, 0.4) is 0 Å². The molecule has 6 nitrogen and oxygen atoms in total. The maximum atomic E-state index is 12.9. The van der Waals surface area contributed by atoms with Gasteiger partial charge in [0.2, 0.25) is 0 Å². The predicted octanol–water partition coefficient (Wildman–Crippen LogP) is 2.80. The minimum atomic E-state index is -0.795. The minimum Gasteiger partial charge on any atom is -0.465 e. The van der Waals surface area contributed by atoms with Crippen molar-refractivity contribution < 1.29 is 14.3 Å². The Bertz CT molecular complexity index is 1140. The zero-order valence-electron chi connectivity index (χ0n) is 14.4. The van der Waals surface area contributed by atoms with Crippen LogP contribution < -0.4 is 5.56 Å². The van der Waals surface area contributed by atoms with E-state index in [4.69, 9.17) is 4.74 Å². The maximum Gasteiger partial charge on any atom is 0.344 e. The summed E-state index contributed by atoms with van der Waals surface area (Å²) in [6.07, 6.45) is 0.185. The summed E-state index contributed by atoms with van der Waals surface area (Å²) in [5.41, 5.74) is 2.29. The molecule has 0 atom stereocenters. The van der Waals surface area contributed by atoms with Gasteiger partial charge in [0.1, 0.15) is 5.56 Å². The first-order valence-corrected chi connectivity index (χ1v) is 8.33. The van der Waals surface area contributed by atoms with E-state index < -0.39 is 11.5 Å². The number of benzene rings is 1. The number of para-hydroxylation sites is 1. The molecule has 3 aromatic rings. The van der Waals surface area contributed by atoms with Gasteiger partial charge in [0.25, 0.3) is 5.56 Å². The van der Waals surface area contributed by atoms with E-state index in [1.54, 1.807) is 13.0 Å². The van der Waals surface area contributed by atoms with E-state index in [-0.39, 0.29) is 23.3 Å². The van der Waals surface area contributed by atoms with Gasteiger partial charge in [-0.15, -0.1) is 0 Å². The molecule has 1 aliphatic heterocycles. The number of Topliss-reactive ketones (excluding diaryl/α,β-unsaturated/α-hetero) is 1. The van der Waals surface area contributed by atoms with Crippen molar-refractivity contribution in [2.75, 3.05) is 7.11 Å². The summed E-state index contributed by atoms with van der Waals surface area (Å²) < 4.78 is 6.21. The number of methoxy groups -OCH3 is 1. The Morgan fingerprint density at radius 1 is 1.23 bits per heavy atom. The van der Waals surface area contributed by atoms with Crippen LogP contribution in [0.1, 0.15) is 39.6 Å². The van der Waals surface area contributed by atoms with E-state index in [0.717, 1.165) is 16.5 Å². The van der Waals surface area contributed by atoms with Gasteiger partial charge in [-0.3, -0.25) is 9.59 Å². The average molecular weight is 348 g/mol. The van der Waals surface area contributed by atoms with Crippen molar-refractivity contribution in [2.45, 2.75) is 19.9 Å². The smallest absolute Gasteiger partial charge is 0.344 e. The highest BCUT2D eigenvalue weighted by molar-refractivity contribution is 6.06. The molecule has 2 aromatic heterocycles. The molecule has 26 heavy (non-hydrogen) atoms. The number of nitrogens with zero attached hydrogens (tertiary/aromatic N) is 2. The zero-order valence-corrected chi connectivity index (χ0v) is 14.4. The summed E-state index contributed by atoms with van der Waals surface area (Å²) in [5.74, 6) is -1.07. The first-order valence-electron chi connectivity index (χ1n) is 8.33. The third kappa shape index (κ3) is 2.26. The van der Waals surface area contributed by atoms with Crippen molar-refractivity contribution in [1.29, 1.82) is 0 Å². The number of aromatic nitrogens is 2. The van der Waals surface area contributed by atoms with Crippen molar-refractivity contribution in [3.05, 3.63) is 63.4 Å². The predicted molar refractivity (Wildman–Crippen MR) is 96.5 cm³/mol. The van der Waals surface area contributed by atoms with Crippen LogP contribution in [0, 0.1) is 0 Å². The van der Waals surface area contributed by atoms with Gasteiger partial charge in [-0.1, -0.05) is 25.1 Å². The number of hydrogen-bond donors (Lipinski definition) is 0. The number of rotatable bonds is 3. The topological polar surface area (TPSA) is 78.3 Å². The van der Waals surface area contributed by atoms with Gasteiger partial charge in [0.05, 0.1) is 30.6 Å². The average Bonchev–Trinajstić information content (AvgIpc) is 3.02. The lowest BCUT2D eigenvalue weighted by molar-refractivity contribution is 0.0594. The first-order chi connectivity index (χ1) is 12.5. The number of hydrogen-bond acceptors (Lipinski definition) is 5. The number of ketones is 1. The molecular weight excluding hydrogens is 332 g/mol. The standard InChI is InChI=1S/C20H16N2O4/c1-3-16(23)13-9-15-18-12(8-11-6-4-5-7-14(11)21-18)10-22(15)19(24)17(13)20(25)26-2/h4-9H,3,10H2,1-2H3. The number of carbonyl (C=O) groups is 2. The van der Waals surface area contributed by atoms with Gasteiger partial charge in [-0.2, -0.15) is 0 Å². The molecule has 0 N–H and O–H groups in total. The highest BCUT2D eigenvalue weighted by atomic mass is 16.5. The fraction of sp³-hybridized carbons (Fsp3) is 0.200. The molecule has 0 saturated heterocycles. The van der Waals surface area contributed by atoms with Crippen molar-refractivity contribution in [3.63, 3.8) is 0 Å². The van der Waals surface area contributed by atoms with Crippen molar-refractivity contribution in [2.24, 2.45) is 0 Å².